The molecular formula is C84H153NO8P+. The van der Waals surface area contributed by atoms with Gasteiger partial charge in [0.2, 0.25) is 0 Å². The van der Waals surface area contributed by atoms with Gasteiger partial charge in [0, 0.05) is 12.8 Å². The molecule has 546 valence electrons. The minimum absolute atomic E-state index is 0.0319. The molecule has 0 amide bonds. The quantitative estimate of drug-likeness (QED) is 0.0211. The molecule has 94 heavy (non-hydrogen) atoms. The second-order valence-corrected chi connectivity index (χ2v) is 29.5. The van der Waals surface area contributed by atoms with E-state index in [4.69, 9.17) is 18.5 Å². The SMILES string of the molecule is CC/C=C\C/C=C\C/C=C\C/C=C\C/C=C\C/C=C\CCCCCCCCCCCCCCCCCCCCCCC(=O)OC(COC(=O)CCCCCCCCCCCCCCCCCCCCC/C=C\C/C=C\CCCCCCC)COP(=O)(O)OCC[N+](C)(C)C. The number of likely N-dealkylation sites (N-methyl/N-ethyl adjacent to an activating group) is 1. The summed E-state index contributed by atoms with van der Waals surface area (Å²) in [4.78, 5) is 36.0. The molecule has 9 nitrogen and oxygen atoms in total. The zero-order valence-electron chi connectivity index (χ0n) is 62.4. The van der Waals surface area contributed by atoms with Crippen LogP contribution in [0.4, 0.5) is 0 Å². The lowest BCUT2D eigenvalue weighted by molar-refractivity contribution is -0.870. The maximum absolute atomic E-state index is 12.9. The first-order valence-corrected chi connectivity index (χ1v) is 41.5. The molecule has 0 bridgehead atoms. The van der Waals surface area contributed by atoms with E-state index in [-0.39, 0.29) is 25.6 Å². The van der Waals surface area contributed by atoms with Gasteiger partial charge in [0.05, 0.1) is 27.7 Å². The number of unbranched alkanes of at least 4 members (excludes halogenated alkanes) is 44. The molecule has 0 spiro atoms. The third-order valence-corrected chi connectivity index (χ3v) is 18.6. The van der Waals surface area contributed by atoms with Crippen molar-refractivity contribution >= 4 is 19.8 Å². The summed E-state index contributed by atoms with van der Waals surface area (Å²) in [6, 6.07) is 0. The molecule has 0 aromatic carbocycles. The van der Waals surface area contributed by atoms with Crippen LogP contribution in [-0.4, -0.2) is 74.9 Å². The zero-order chi connectivity index (χ0) is 68.3. The van der Waals surface area contributed by atoms with Gasteiger partial charge in [-0.15, -0.1) is 0 Å². The van der Waals surface area contributed by atoms with Crippen LogP contribution in [-0.2, 0) is 32.7 Å². The number of carbonyl (C=O) groups is 2. The molecule has 0 aromatic heterocycles. The maximum atomic E-state index is 12.9. The van der Waals surface area contributed by atoms with E-state index in [1.54, 1.807) is 0 Å². The Bertz CT molecular complexity index is 1910. The number of hydrogen-bond donors (Lipinski definition) is 1. The molecule has 0 saturated heterocycles. The van der Waals surface area contributed by atoms with Crippen LogP contribution in [0.1, 0.15) is 373 Å². The number of rotatable bonds is 74. The Morgan fingerprint density at radius 1 is 0.340 bits per heavy atom. The average Bonchev–Trinajstić information content (AvgIpc) is 1.56. The first kappa shape index (κ1) is 90.9. The van der Waals surface area contributed by atoms with Crippen LogP contribution in [0.15, 0.2) is 97.2 Å². The molecule has 0 rings (SSSR count). The Kier molecular flexibility index (Phi) is 71.7. The fraction of sp³-hybridized carbons (Fsp3) is 0.786. The highest BCUT2D eigenvalue weighted by Crippen LogP contribution is 2.43. The van der Waals surface area contributed by atoms with Crippen molar-refractivity contribution in [3.63, 3.8) is 0 Å². The highest BCUT2D eigenvalue weighted by molar-refractivity contribution is 7.47. The molecule has 0 saturated carbocycles. The summed E-state index contributed by atoms with van der Waals surface area (Å²) in [5, 5.41) is 0. The van der Waals surface area contributed by atoms with E-state index in [9.17, 15) is 19.0 Å². The summed E-state index contributed by atoms with van der Waals surface area (Å²) >= 11 is 0. The third kappa shape index (κ3) is 77.9. The Morgan fingerprint density at radius 2 is 0.606 bits per heavy atom. The van der Waals surface area contributed by atoms with E-state index in [2.05, 4.69) is 111 Å². The minimum Gasteiger partial charge on any atom is -0.462 e. The summed E-state index contributed by atoms with van der Waals surface area (Å²) < 4.78 is 34.8. The number of phosphoric acid groups is 1. The molecule has 0 aliphatic rings. The van der Waals surface area contributed by atoms with Crippen LogP contribution in [0.5, 0.6) is 0 Å². The van der Waals surface area contributed by atoms with Crippen molar-refractivity contribution in [1.82, 2.24) is 0 Å². The van der Waals surface area contributed by atoms with Crippen molar-refractivity contribution in [3.8, 4) is 0 Å². The number of ether oxygens (including phenoxy) is 2. The summed E-state index contributed by atoms with van der Waals surface area (Å²) in [7, 11) is 1.49. The van der Waals surface area contributed by atoms with E-state index in [1.165, 1.54) is 263 Å². The average molecular weight is 1340 g/mol. The summed E-state index contributed by atoms with van der Waals surface area (Å²) in [5.74, 6) is -0.779. The summed E-state index contributed by atoms with van der Waals surface area (Å²) in [6.45, 7) is 4.36. The molecular weight excluding hydrogens is 1180 g/mol. The maximum Gasteiger partial charge on any atom is 0.472 e. The van der Waals surface area contributed by atoms with Gasteiger partial charge in [0.1, 0.15) is 19.8 Å². The van der Waals surface area contributed by atoms with Crippen molar-refractivity contribution in [2.45, 2.75) is 380 Å². The molecule has 1 N–H and O–H groups in total. The highest BCUT2D eigenvalue weighted by atomic mass is 31.2. The molecule has 0 aliphatic heterocycles. The van der Waals surface area contributed by atoms with Gasteiger partial charge in [-0.1, -0.05) is 361 Å². The smallest absolute Gasteiger partial charge is 0.462 e. The van der Waals surface area contributed by atoms with Crippen LogP contribution in [0.3, 0.4) is 0 Å². The molecule has 0 aliphatic carbocycles. The highest BCUT2D eigenvalue weighted by Gasteiger charge is 2.27. The molecule has 0 heterocycles. The van der Waals surface area contributed by atoms with E-state index in [0.29, 0.717) is 23.9 Å². The Balaban J connectivity index is 3.94. The number of quaternary nitrogens is 1. The standard InChI is InChI=1S/C84H152NO8P/c1-6-8-10-12-14-16-18-20-22-24-26-28-30-32-34-36-38-39-40-41-42-43-44-45-47-49-51-53-55-57-59-61-63-65-67-69-71-73-75-77-84(87)93-82(81-92-94(88,89)91-79-78-85(3,4)5)80-90-83(86)76-74-72-70-68-66-64-62-60-58-56-54-52-50-48-46-37-35-33-31-29-27-25-23-21-19-17-15-13-11-9-7-2/h8,10,14,16,19-22,25-28,32,34,38-39,82H,6-7,9,11-13,15,17-18,23-24,29-31,33,35-37,40-81H2,1-5H3/p+1/b10-8-,16-14-,21-19-,22-20-,27-25-,28-26-,34-32-,39-38-. The van der Waals surface area contributed by atoms with Gasteiger partial charge in [-0.2, -0.15) is 0 Å². The molecule has 0 fully saturated rings. The van der Waals surface area contributed by atoms with Crippen LogP contribution in [0, 0.1) is 0 Å². The molecule has 0 aromatic rings. The van der Waals surface area contributed by atoms with Crippen LogP contribution in [0.2, 0.25) is 0 Å². The van der Waals surface area contributed by atoms with E-state index >= 15 is 0 Å². The minimum atomic E-state index is -4.40. The molecule has 2 atom stereocenters. The van der Waals surface area contributed by atoms with E-state index in [0.717, 1.165) is 77.0 Å². The van der Waals surface area contributed by atoms with Crippen molar-refractivity contribution < 1.29 is 42.1 Å². The second-order valence-electron chi connectivity index (χ2n) is 28.1. The molecule has 0 radical (unpaired) electrons. The van der Waals surface area contributed by atoms with Crippen molar-refractivity contribution in [3.05, 3.63) is 97.2 Å². The van der Waals surface area contributed by atoms with Crippen molar-refractivity contribution in [2.75, 3.05) is 47.5 Å². The normalized spacial score (nSPS) is 13.6. The predicted molar refractivity (Wildman–Crippen MR) is 408 cm³/mol. The Hall–Kier alpha value is -3.07. The van der Waals surface area contributed by atoms with Crippen LogP contribution >= 0.6 is 7.82 Å². The lowest BCUT2D eigenvalue weighted by atomic mass is 10.0. The lowest BCUT2D eigenvalue weighted by Gasteiger charge is -2.24. The fourth-order valence-corrected chi connectivity index (χ4v) is 12.3. The van der Waals surface area contributed by atoms with Gasteiger partial charge in [0.15, 0.2) is 6.10 Å². The number of carbonyl (C=O) groups excluding carboxylic acids is 2. The molecule has 2 unspecified atom stereocenters. The number of hydrogen-bond acceptors (Lipinski definition) is 7. The number of esters is 2. The fourth-order valence-electron chi connectivity index (χ4n) is 11.5. The topological polar surface area (TPSA) is 108 Å². The first-order chi connectivity index (χ1) is 46.0. The van der Waals surface area contributed by atoms with E-state index in [1.807, 2.05) is 21.1 Å². The second kappa shape index (κ2) is 74.2. The lowest BCUT2D eigenvalue weighted by Crippen LogP contribution is -2.37. The monoisotopic (exact) mass is 1340 g/mol. The third-order valence-electron chi connectivity index (χ3n) is 17.6. The Morgan fingerprint density at radius 3 is 0.904 bits per heavy atom. The van der Waals surface area contributed by atoms with Gasteiger partial charge in [0.25, 0.3) is 0 Å². The molecule has 10 heteroatoms. The van der Waals surface area contributed by atoms with Crippen molar-refractivity contribution in [2.24, 2.45) is 0 Å². The Labute approximate surface area is 583 Å². The zero-order valence-corrected chi connectivity index (χ0v) is 63.3. The van der Waals surface area contributed by atoms with Gasteiger partial charge in [-0.25, -0.2) is 4.57 Å². The van der Waals surface area contributed by atoms with Crippen molar-refractivity contribution in [1.29, 1.82) is 0 Å². The largest absolute Gasteiger partial charge is 0.472 e. The first-order valence-electron chi connectivity index (χ1n) is 40.0. The van der Waals surface area contributed by atoms with E-state index < -0.39 is 26.5 Å². The summed E-state index contributed by atoms with van der Waals surface area (Å²) in [5.41, 5.74) is 0. The van der Waals surface area contributed by atoms with Gasteiger partial charge in [-0.3, -0.25) is 18.6 Å². The predicted octanol–water partition coefficient (Wildman–Crippen LogP) is 26.6. The summed E-state index contributed by atoms with van der Waals surface area (Å²) in [6.07, 6.45) is 104. The number of nitrogens with zero attached hydrogens (tertiary/aromatic N) is 1. The van der Waals surface area contributed by atoms with Gasteiger partial charge >= 0.3 is 19.8 Å². The van der Waals surface area contributed by atoms with Gasteiger partial charge < -0.3 is 18.9 Å². The van der Waals surface area contributed by atoms with Crippen LogP contribution < -0.4 is 0 Å². The number of allylic oxidation sites excluding steroid dienone is 16. The number of phosphoric ester groups is 1. The van der Waals surface area contributed by atoms with Crippen LogP contribution in [0.25, 0.3) is 0 Å². The van der Waals surface area contributed by atoms with Gasteiger partial charge in [-0.05, 0) is 96.3 Å².